The van der Waals surface area contributed by atoms with E-state index in [-0.39, 0.29) is 11.7 Å². The molecule has 0 unspecified atom stereocenters. The summed E-state index contributed by atoms with van der Waals surface area (Å²) in [4.78, 5) is 27.9. The van der Waals surface area contributed by atoms with Gasteiger partial charge in [-0.05, 0) is 55.0 Å². The van der Waals surface area contributed by atoms with Crippen molar-refractivity contribution in [3.8, 4) is 0 Å². The van der Waals surface area contributed by atoms with Gasteiger partial charge in [0.2, 0.25) is 0 Å². The number of ketones is 1. The highest BCUT2D eigenvalue weighted by molar-refractivity contribution is 6.30. The number of nitrogens with one attached hydrogen (secondary N) is 2. The number of amides is 1. The minimum absolute atomic E-state index is 0.0171. The molecule has 6 heteroatoms. The number of hydrogen-bond acceptors (Lipinski definition) is 4. The third kappa shape index (κ3) is 5.15. The maximum Gasteiger partial charge on any atom is 0.257 e. The number of nitrogens with zero attached hydrogens (tertiary/aromatic N) is 1. The van der Waals surface area contributed by atoms with Gasteiger partial charge >= 0.3 is 0 Å². The number of carbonyl (C=O) groups excluding carboxylic acids is 2. The molecule has 0 aliphatic carbocycles. The number of anilines is 2. The van der Waals surface area contributed by atoms with Crippen LogP contribution in [-0.4, -0.2) is 16.7 Å². The molecule has 0 saturated heterocycles. The number of halogens is 1. The number of carbonyl (C=O) groups is 2. The lowest BCUT2D eigenvalue weighted by Gasteiger charge is -2.09. The first kappa shape index (κ1) is 18.6. The lowest BCUT2D eigenvalue weighted by Crippen LogP contribution is -2.13. The maximum absolute atomic E-state index is 12.4. The Labute approximate surface area is 162 Å². The molecule has 3 aromatic rings. The first-order valence-electron chi connectivity index (χ1n) is 8.37. The summed E-state index contributed by atoms with van der Waals surface area (Å²) in [5, 5.41) is 6.73. The molecule has 0 aliphatic rings. The molecule has 0 atom stereocenters. The molecule has 5 nitrogen and oxygen atoms in total. The van der Waals surface area contributed by atoms with Gasteiger partial charge in [-0.3, -0.25) is 14.6 Å². The van der Waals surface area contributed by atoms with Crippen LogP contribution in [0.5, 0.6) is 0 Å². The van der Waals surface area contributed by atoms with Gasteiger partial charge in [0, 0.05) is 35.2 Å². The van der Waals surface area contributed by atoms with Crippen molar-refractivity contribution in [2.75, 3.05) is 10.6 Å². The molecule has 0 aliphatic heterocycles. The number of pyridine rings is 1. The van der Waals surface area contributed by atoms with E-state index in [4.69, 9.17) is 11.6 Å². The van der Waals surface area contributed by atoms with Crippen LogP contribution in [0.1, 0.15) is 33.2 Å². The maximum atomic E-state index is 12.4. The van der Waals surface area contributed by atoms with Crippen LogP contribution in [0.15, 0.2) is 67.0 Å². The van der Waals surface area contributed by atoms with Gasteiger partial charge in [0.1, 0.15) is 0 Å². The average Bonchev–Trinajstić information content (AvgIpc) is 2.68. The van der Waals surface area contributed by atoms with E-state index in [0.717, 1.165) is 11.3 Å². The third-order valence-electron chi connectivity index (χ3n) is 3.96. The monoisotopic (exact) mass is 379 g/mol. The Kier molecular flexibility index (Phi) is 5.84. The van der Waals surface area contributed by atoms with Crippen LogP contribution >= 0.6 is 11.6 Å². The molecule has 0 saturated carbocycles. The van der Waals surface area contributed by atoms with E-state index in [1.54, 1.807) is 36.5 Å². The van der Waals surface area contributed by atoms with Gasteiger partial charge in [-0.25, -0.2) is 0 Å². The van der Waals surface area contributed by atoms with Crippen molar-refractivity contribution in [3.05, 3.63) is 88.7 Å². The Hall–Kier alpha value is -3.18. The molecule has 0 bridgehead atoms. The zero-order valence-electron chi connectivity index (χ0n) is 14.7. The SMILES string of the molecule is CC(=O)c1ccc(NC(=O)c2cncc(NCc3ccc(Cl)cc3)c2)cc1. The molecular weight excluding hydrogens is 362 g/mol. The van der Waals surface area contributed by atoms with E-state index in [0.29, 0.717) is 28.4 Å². The standard InChI is InChI=1S/C21H18ClN3O2/c1-14(26)16-4-8-19(9-5-16)25-21(27)17-10-20(13-23-12-17)24-11-15-2-6-18(22)7-3-15/h2-10,12-13,24H,11H2,1H3,(H,25,27). The fraction of sp³-hybridized carbons (Fsp3) is 0.0952. The van der Waals surface area contributed by atoms with E-state index in [2.05, 4.69) is 15.6 Å². The average molecular weight is 380 g/mol. The summed E-state index contributed by atoms with van der Waals surface area (Å²) < 4.78 is 0. The van der Waals surface area contributed by atoms with E-state index < -0.39 is 0 Å². The van der Waals surface area contributed by atoms with Crippen molar-refractivity contribution in [1.82, 2.24) is 4.98 Å². The second kappa shape index (κ2) is 8.47. The highest BCUT2D eigenvalue weighted by Crippen LogP contribution is 2.15. The molecule has 27 heavy (non-hydrogen) atoms. The van der Waals surface area contributed by atoms with E-state index in [1.165, 1.54) is 13.1 Å². The Morgan fingerprint density at radius 1 is 0.926 bits per heavy atom. The second-order valence-corrected chi connectivity index (χ2v) is 6.47. The lowest BCUT2D eigenvalue weighted by atomic mass is 10.1. The Balaban J connectivity index is 1.64. The van der Waals surface area contributed by atoms with Crippen LogP contribution in [0.25, 0.3) is 0 Å². The number of aromatic nitrogens is 1. The zero-order valence-corrected chi connectivity index (χ0v) is 15.5. The summed E-state index contributed by atoms with van der Waals surface area (Å²) in [5.74, 6) is -0.287. The summed E-state index contributed by atoms with van der Waals surface area (Å²) in [7, 11) is 0. The third-order valence-corrected chi connectivity index (χ3v) is 4.21. The zero-order chi connectivity index (χ0) is 19.2. The molecule has 2 N–H and O–H groups in total. The van der Waals surface area contributed by atoms with Crippen molar-refractivity contribution in [2.45, 2.75) is 13.5 Å². The fourth-order valence-electron chi connectivity index (χ4n) is 2.46. The molecule has 1 heterocycles. The minimum atomic E-state index is -0.270. The Morgan fingerprint density at radius 3 is 2.30 bits per heavy atom. The lowest BCUT2D eigenvalue weighted by molar-refractivity contribution is 0.101. The molecule has 1 aromatic heterocycles. The molecular formula is C21H18ClN3O2. The van der Waals surface area contributed by atoms with Gasteiger partial charge < -0.3 is 10.6 Å². The van der Waals surface area contributed by atoms with Crippen LogP contribution in [0, 0.1) is 0 Å². The summed E-state index contributed by atoms with van der Waals surface area (Å²) in [6, 6.07) is 16.0. The molecule has 136 valence electrons. The Morgan fingerprint density at radius 2 is 1.63 bits per heavy atom. The summed E-state index contributed by atoms with van der Waals surface area (Å²) in [6.45, 7) is 2.10. The molecule has 0 fully saturated rings. The number of hydrogen-bond donors (Lipinski definition) is 2. The highest BCUT2D eigenvalue weighted by atomic mass is 35.5. The smallest absolute Gasteiger partial charge is 0.257 e. The second-order valence-electron chi connectivity index (χ2n) is 6.03. The largest absolute Gasteiger partial charge is 0.380 e. The predicted octanol–water partition coefficient (Wildman–Crippen LogP) is 4.80. The molecule has 0 radical (unpaired) electrons. The van der Waals surface area contributed by atoms with Gasteiger partial charge in [-0.1, -0.05) is 23.7 Å². The molecule has 2 aromatic carbocycles. The number of Topliss-reactive ketones (excluding diaryl/α,β-unsaturated/α-hetero) is 1. The number of benzene rings is 2. The summed E-state index contributed by atoms with van der Waals surface area (Å²) in [5.41, 5.74) is 3.46. The fourth-order valence-corrected chi connectivity index (χ4v) is 2.58. The molecule has 0 spiro atoms. The van der Waals surface area contributed by atoms with Crippen LogP contribution in [0.2, 0.25) is 5.02 Å². The van der Waals surface area contributed by atoms with Crippen molar-refractivity contribution < 1.29 is 9.59 Å². The first-order valence-corrected chi connectivity index (χ1v) is 8.75. The van der Waals surface area contributed by atoms with E-state index in [1.807, 2.05) is 24.3 Å². The quantitative estimate of drug-likeness (QED) is 0.603. The van der Waals surface area contributed by atoms with Crippen molar-refractivity contribution >= 4 is 34.7 Å². The minimum Gasteiger partial charge on any atom is -0.380 e. The van der Waals surface area contributed by atoms with Gasteiger partial charge in [-0.2, -0.15) is 0 Å². The highest BCUT2D eigenvalue weighted by Gasteiger charge is 2.08. The van der Waals surface area contributed by atoms with Gasteiger partial charge in [0.15, 0.2) is 5.78 Å². The van der Waals surface area contributed by atoms with Gasteiger partial charge in [0.25, 0.3) is 5.91 Å². The van der Waals surface area contributed by atoms with Crippen LogP contribution in [0.3, 0.4) is 0 Å². The molecule has 1 amide bonds. The van der Waals surface area contributed by atoms with Gasteiger partial charge in [0.05, 0.1) is 11.3 Å². The first-order chi connectivity index (χ1) is 13.0. The van der Waals surface area contributed by atoms with Gasteiger partial charge in [-0.15, -0.1) is 0 Å². The van der Waals surface area contributed by atoms with E-state index >= 15 is 0 Å². The Bertz CT molecular complexity index is 954. The van der Waals surface area contributed by atoms with Crippen LogP contribution < -0.4 is 10.6 Å². The van der Waals surface area contributed by atoms with E-state index in [9.17, 15) is 9.59 Å². The summed E-state index contributed by atoms with van der Waals surface area (Å²) >= 11 is 5.88. The number of rotatable bonds is 6. The molecule has 3 rings (SSSR count). The normalized spacial score (nSPS) is 10.3. The van der Waals surface area contributed by atoms with Crippen molar-refractivity contribution in [1.29, 1.82) is 0 Å². The van der Waals surface area contributed by atoms with Crippen LogP contribution in [0.4, 0.5) is 11.4 Å². The van der Waals surface area contributed by atoms with Crippen molar-refractivity contribution in [3.63, 3.8) is 0 Å². The topological polar surface area (TPSA) is 71.1 Å². The van der Waals surface area contributed by atoms with Crippen molar-refractivity contribution in [2.24, 2.45) is 0 Å². The van der Waals surface area contributed by atoms with Crippen LogP contribution in [-0.2, 0) is 6.54 Å². The predicted molar refractivity (Wildman–Crippen MR) is 107 cm³/mol. The summed E-state index contributed by atoms with van der Waals surface area (Å²) in [6.07, 6.45) is 3.17.